The Morgan fingerprint density at radius 1 is 1.11 bits per heavy atom. The number of aromatic nitrogens is 1. The number of rotatable bonds is 5. The zero-order valence-electron chi connectivity index (χ0n) is 10.3. The van der Waals surface area contributed by atoms with E-state index in [1.54, 1.807) is 30.6 Å². The van der Waals surface area contributed by atoms with Crippen molar-refractivity contribution in [2.24, 2.45) is 0 Å². The number of aryl methyl sites for hydroxylation is 1. The molecule has 0 bridgehead atoms. The average Bonchev–Trinajstić information content (AvgIpc) is 2.41. The second kappa shape index (κ2) is 6.69. The van der Waals surface area contributed by atoms with Crippen LogP contribution < -0.4 is 0 Å². The Hall–Kier alpha value is -1.38. The van der Waals surface area contributed by atoms with Crippen molar-refractivity contribution >= 4 is 29.0 Å². The lowest BCUT2D eigenvalue weighted by Gasteiger charge is -2.04. The highest BCUT2D eigenvalue weighted by Crippen LogP contribution is 2.21. The first-order chi connectivity index (χ1) is 9.15. The molecule has 0 unspecified atom stereocenters. The van der Waals surface area contributed by atoms with Crippen LogP contribution in [0.2, 0.25) is 10.0 Å². The monoisotopic (exact) mass is 293 g/mol. The minimum atomic E-state index is 0.168. The largest absolute Gasteiger partial charge is 0.299 e. The Morgan fingerprint density at radius 2 is 1.84 bits per heavy atom. The molecular weight excluding hydrogens is 281 g/mol. The maximum absolute atomic E-state index is 11.9. The molecule has 98 valence electrons. The van der Waals surface area contributed by atoms with Crippen LogP contribution in [0.5, 0.6) is 0 Å². The van der Waals surface area contributed by atoms with Crippen molar-refractivity contribution in [3.63, 3.8) is 0 Å². The molecule has 1 heterocycles. The number of nitrogens with zero attached hydrogens (tertiary/aromatic N) is 1. The fourth-order valence-corrected chi connectivity index (χ4v) is 2.27. The van der Waals surface area contributed by atoms with E-state index < -0.39 is 0 Å². The van der Waals surface area contributed by atoms with Gasteiger partial charge >= 0.3 is 0 Å². The number of ketones is 1. The van der Waals surface area contributed by atoms with Gasteiger partial charge in [0.2, 0.25) is 0 Å². The van der Waals surface area contributed by atoms with E-state index in [1.807, 2.05) is 12.1 Å². The van der Waals surface area contributed by atoms with Crippen LogP contribution in [0.1, 0.15) is 17.5 Å². The summed E-state index contributed by atoms with van der Waals surface area (Å²) in [5.41, 5.74) is 1.94. The van der Waals surface area contributed by atoms with Crippen LogP contribution in [0.15, 0.2) is 42.7 Å². The molecule has 0 fully saturated rings. The van der Waals surface area contributed by atoms with Crippen molar-refractivity contribution in [1.82, 2.24) is 4.98 Å². The summed E-state index contributed by atoms with van der Waals surface area (Å²) in [4.78, 5) is 15.9. The Morgan fingerprint density at radius 3 is 2.53 bits per heavy atom. The predicted octanol–water partition coefficient (Wildman–Crippen LogP) is 4.13. The molecule has 0 radical (unpaired) electrons. The number of hydrogen-bond acceptors (Lipinski definition) is 2. The molecule has 0 N–H and O–H groups in total. The van der Waals surface area contributed by atoms with Gasteiger partial charge in [-0.3, -0.25) is 9.78 Å². The lowest BCUT2D eigenvalue weighted by molar-refractivity contribution is -0.118. The first-order valence-corrected chi connectivity index (χ1v) is 6.75. The van der Waals surface area contributed by atoms with E-state index in [2.05, 4.69) is 4.98 Å². The summed E-state index contributed by atoms with van der Waals surface area (Å²) >= 11 is 11.9. The smallest absolute Gasteiger partial charge is 0.137 e. The zero-order valence-corrected chi connectivity index (χ0v) is 11.8. The minimum Gasteiger partial charge on any atom is -0.299 e. The van der Waals surface area contributed by atoms with Gasteiger partial charge in [-0.05, 0) is 41.8 Å². The molecule has 0 atom stereocenters. The van der Waals surface area contributed by atoms with Crippen molar-refractivity contribution in [1.29, 1.82) is 0 Å². The first-order valence-electron chi connectivity index (χ1n) is 5.99. The molecule has 0 saturated heterocycles. The van der Waals surface area contributed by atoms with Gasteiger partial charge in [0.05, 0.1) is 0 Å². The molecule has 19 heavy (non-hydrogen) atoms. The molecule has 1 aromatic heterocycles. The summed E-state index contributed by atoms with van der Waals surface area (Å²) in [5, 5.41) is 1.13. The van der Waals surface area contributed by atoms with E-state index >= 15 is 0 Å². The lowest BCUT2D eigenvalue weighted by Crippen LogP contribution is -2.04. The standard InChI is InChI=1S/C15H13Cl2NO/c16-13-3-2-12(15(17)10-13)9-14(19)4-1-11-5-7-18-8-6-11/h2-3,5-8,10H,1,4,9H2. The summed E-state index contributed by atoms with van der Waals surface area (Å²) < 4.78 is 0. The number of benzene rings is 1. The molecule has 2 nitrogen and oxygen atoms in total. The first kappa shape index (κ1) is 14.0. The molecule has 1 aromatic carbocycles. The van der Waals surface area contributed by atoms with E-state index in [4.69, 9.17) is 23.2 Å². The summed E-state index contributed by atoms with van der Waals surface area (Å²) in [6.07, 6.45) is 5.04. The van der Waals surface area contributed by atoms with Gasteiger partial charge in [0.15, 0.2) is 0 Å². The molecule has 0 aliphatic carbocycles. The minimum absolute atomic E-state index is 0.168. The lowest BCUT2D eigenvalue weighted by atomic mass is 10.0. The quantitative estimate of drug-likeness (QED) is 0.829. The van der Waals surface area contributed by atoms with Crippen LogP contribution in [-0.4, -0.2) is 10.8 Å². The Bertz CT molecular complexity index is 570. The topological polar surface area (TPSA) is 30.0 Å². The second-order valence-electron chi connectivity index (χ2n) is 4.31. The summed E-state index contributed by atoms with van der Waals surface area (Å²) in [6, 6.07) is 9.05. The van der Waals surface area contributed by atoms with E-state index in [0.29, 0.717) is 22.9 Å². The molecule has 2 rings (SSSR count). The van der Waals surface area contributed by atoms with Crippen LogP contribution in [0.4, 0.5) is 0 Å². The Labute approximate surface area is 122 Å². The molecule has 0 aliphatic rings. The van der Waals surface area contributed by atoms with Gasteiger partial charge in [0.25, 0.3) is 0 Å². The maximum Gasteiger partial charge on any atom is 0.137 e. The van der Waals surface area contributed by atoms with Crippen LogP contribution in [0.25, 0.3) is 0 Å². The summed E-state index contributed by atoms with van der Waals surface area (Å²) in [5.74, 6) is 0.168. The third kappa shape index (κ3) is 4.34. The van der Waals surface area contributed by atoms with E-state index in [-0.39, 0.29) is 5.78 Å². The predicted molar refractivity (Wildman–Crippen MR) is 77.7 cm³/mol. The zero-order chi connectivity index (χ0) is 13.7. The van der Waals surface area contributed by atoms with Gasteiger partial charge in [0.1, 0.15) is 5.78 Å². The molecule has 0 aliphatic heterocycles. The van der Waals surface area contributed by atoms with E-state index in [0.717, 1.165) is 17.5 Å². The highest BCUT2D eigenvalue weighted by molar-refractivity contribution is 6.35. The van der Waals surface area contributed by atoms with Gasteiger partial charge < -0.3 is 0 Å². The highest BCUT2D eigenvalue weighted by Gasteiger charge is 2.08. The van der Waals surface area contributed by atoms with Gasteiger partial charge in [-0.1, -0.05) is 29.3 Å². The van der Waals surface area contributed by atoms with E-state index in [1.165, 1.54) is 0 Å². The molecule has 0 spiro atoms. The molecule has 0 saturated carbocycles. The Balaban J connectivity index is 1.91. The molecule has 2 aromatic rings. The van der Waals surface area contributed by atoms with Crippen molar-refractivity contribution in [2.45, 2.75) is 19.3 Å². The molecule has 0 amide bonds. The van der Waals surface area contributed by atoms with Crippen LogP contribution >= 0.6 is 23.2 Å². The van der Waals surface area contributed by atoms with Gasteiger partial charge in [-0.25, -0.2) is 0 Å². The van der Waals surface area contributed by atoms with Crippen molar-refractivity contribution in [2.75, 3.05) is 0 Å². The highest BCUT2D eigenvalue weighted by atomic mass is 35.5. The van der Waals surface area contributed by atoms with Gasteiger partial charge in [0, 0.05) is 35.3 Å². The normalized spacial score (nSPS) is 10.4. The third-order valence-corrected chi connectivity index (χ3v) is 3.43. The van der Waals surface area contributed by atoms with Gasteiger partial charge in [-0.15, -0.1) is 0 Å². The van der Waals surface area contributed by atoms with Crippen LogP contribution in [0.3, 0.4) is 0 Å². The van der Waals surface area contributed by atoms with Crippen LogP contribution in [0, 0.1) is 0 Å². The van der Waals surface area contributed by atoms with Crippen LogP contribution in [-0.2, 0) is 17.6 Å². The number of pyridine rings is 1. The maximum atomic E-state index is 11.9. The molecular formula is C15H13Cl2NO. The van der Waals surface area contributed by atoms with Gasteiger partial charge in [-0.2, -0.15) is 0 Å². The number of halogens is 2. The number of carbonyl (C=O) groups is 1. The van der Waals surface area contributed by atoms with Crippen molar-refractivity contribution in [3.8, 4) is 0 Å². The second-order valence-corrected chi connectivity index (χ2v) is 5.15. The summed E-state index contributed by atoms with van der Waals surface area (Å²) in [7, 11) is 0. The van der Waals surface area contributed by atoms with Crippen molar-refractivity contribution in [3.05, 3.63) is 63.9 Å². The fourth-order valence-electron chi connectivity index (χ4n) is 1.80. The van der Waals surface area contributed by atoms with E-state index in [9.17, 15) is 4.79 Å². The average molecular weight is 294 g/mol. The number of Topliss-reactive ketones (excluding diaryl/α,β-unsaturated/α-hetero) is 1. The SMILES string of the molecule is O=C(CCc1ccncc1)Cc1ccc(Cl)cc1Cl. The molecule has 4 heteroatoms. The number of hydrogen-bond donors (Lipinski definition) is 0. The summed E-state index contributed by atoms with van der Waals surface area (Å²) in [6.45, 7) is 0. The third-order valence-electron chi connectivity index (χ3n) is 2.84. The Kier molecular flexibility index (Phi) is 4.94. The van der Waals surface area contributed by atoms with Crippen molar-refractivity contribution < 1.29 is 4.79 Å². The number of carbonyl (C=O) groups excluding carboxylic acids is 1. The fraction of sp³-hybridized carbons (Fsp3) is 0.200.